The van der Waals surface area contributed by atoms with Gasteiger partial charge in [-0.15, -0.1) is 0 Å². The van der Waals surface area contributed by atoms with Gasteiger partial charge in [-0.05, 0) is 38.8 Å². The highest BCUT2D eigenvalue weighted by Gasteiger charge is 2.30. The Bertz CT molecular complexity index is 692. The molecule has 1 amide bonds. The SMILES string of the molecule is CCS(=O)(=O)N1CCC(C(=O)Nc2ccccc2C(C)=O)CC1. The number of Topliss-reactive ketones (excluding diaryl/α,β-unsaturated/α-hetero) is 1. The maximum absolute atomic E-state index is 12.4. The van der Waals surface area contributed by atoms with Crippen molar-refractivity contribution < 1.29 is 18.0 Å². The van der Waals surface area contributed by atoms with Crippen LogP contribution in [0.15, 0.2) is 24.3 Å². The third kappa shape index (κ3) is 4.17. The molecular formula is C16H22N2O4S. The summed E-state index contributed by atoms with van der Waals surface area (Å²) in [6.45, 7) is 3.80. The number of anilines is 1. The molecule has 1 saturated heterocycles. The molecule has 1 N–H and O–H groups in total. The quantitative estimate of drug-likeness (QED) is 0.831. The van der Waals surface area contributed by atoms with Crippen LogP contribution in [0.5, 0.6) is 0 Å². The molecule has 7 heteroatoms. The molecule has 1 aromatic carbocycles. The molecule has 1 aliphatic rings. The summed E-state index contributed by atoms with van der Waals surface area (Å²) >= 11 is 0. The molecule has 0 spiro atoms. The summed E-state index contributed by atoms with van der Waals surface area (Å²) < 4.78 is 25.1. The molecule has 0 aliphatic carbocycles. The fourth-order valence-electron chi connectivity index (χ4n) is 2.71. The smallest absolute Gasteiger partial charge is 0.227 e. The Labute approximate surface area is 136 Å². The van der Waals surface area contributed by atoms with Crippen molar-refractivity contribution in [3.63, 3.8) is 0 Å². The second-order valence-electron chi connectivity index (χ2n) is 5.66. The summed E-state index contributed by atoms with van der Waals surface area (Å²) in [5.74, 6) is -0.425. The molecule has 1 aliphatic heterocycles. The van der Waals surface area contributed by atoms with Gasteiger partial charge in [0.15, 0.2) is 5.78 Å². The maximum atomic E-state index is 12.4. The van der Waals surface area contributed by atoms with Crippen LogP contribution in [-0.4, -0.2) is 43.3 Å². The Morgan fingerprint density at radius 2 is 1.83 bits per heavy atom. The van der Waals surface area contributed by atoms with E-state index >= 15 is 0 Å². The second-order valence-corrected chi connectivity index (χ2v) is 7.92. The Morgan fingerprint density at radius 3 is 2.39 bits per heavy atom. The molecule has 0 radical (unpaired) electrons. The lowest BCUT2D eigenvalue weighted by atomic mass is 9.97. The average Bonchev–Trinajstić information content (AvgIpc) is 2.55. The number of ketones is 1. The molecule has 0 saturated carbocycles. The molecule has 1 heterocycles. The Hall–Kier alpha value is -1.73. The minimum absolute atomic E-state index is 0.0792. The third-order valence-electron chi connectivity index (χ3n) is 4.15. The predicted molar refractivity (Wildman–Crippen MR) is 88.8 cm³/mol. The molecule has 6 nitrogen and oxygen atoms in total. The van der Waals surface area contributed by atoms with Crippen LogP contribution in [0, 0.1) is 5.92 Å². The lowest BCUT2D eigenvalue weighted by Gasteiger charge is -2.30. The Balaban J connectivity index is 2.00. The average molecular weight is 338 g/mol. The first kappa shape index (κ1) is 17.6. The van der Waals surface area contributed by atoms with Gasteiger partial charge in [0.05, 0.1) is 11.4 Å². The number of piperidine rings is 1. The summed E-state index contributed by atoms with van der Waals surface area (Å²) in [5, 5.41) is 2.80. The van der Waals surface area contributed by atoms with E-state index in [0.29, 0.717) is 37.2 Å². The molecule has 0 unspecified atom stereocenters. The number of carbonyl (C=O) groups excluding carboxylic acids is 2. The summed E-state index contributed by atoms with van der Waals surface area (Å²) in [4.78, 5) is 24.0. The fraction of sp³-hybridized carbons (Fsp3) is 0.500. The minimum atomic E-state index is -3.19. The van der Waals surface area contributed by atoms with Gasteiger partial charge in [0, 0.05) is 24.6 Å². The third-order valence-corrected chi connectivity index (χ3v) is 6.03. The molecule has 126 valence electrons. The first-order chi connectivity index (χ1) is 10.8. The van der Waals surface area contributed by atoms with Crippen molar-refractivity contribution in [2.75, 3.05) is 24.2 Å². The standard InChI is InChI=1S/C16H22N2O4S/c1-3-23(21,22)18-10-8-13(9-11-18)16(20)17-15-7-5-4-6-14(15)12(2)19/h4-7,13H,3,8-11H2,1-2H3,(H,17,20). The number of para-hydroxylation sites is 1. The maximum Gasteiger partial charge on any atom is 0.227 e. The number of rotatable bonds is 5. The monoisotopic (exact) mass is 338 g/mol. The van der Waals surface area contributed by atoms with Crippen LogP contribution < -0.4 is 5.32 Å². The number of amides is 1. The van der Waals surface area contributed by atoms with Crippen LogP contribution in [-0.2, 0) is 14.8 Å². The van der Waals surface area contributed by atoms with Gasteiger partial charge in [0.2, 0.25) is 15.9 Å². The van der Waals surface area contributed by atoms with Crippen LogP contribution in [0.4, 0.5) is 5.69 Å². The summed E-state index contributed by atoms with van der Waals surface area (Å²) in [5.41, 5.74) is 0.987. The van der Waals surface area contributed by atoms with Crippen molar-refractivity contribution in [2.24, 2.45) is 5.92 Å². The Kier molecular flexibility index (Phi) is 5.54. The normalized spacial score (nSPS) is 17.0. The zero-order chi connectivity index (χ0) is 17.0. The number of benzene rings is 1. The van der Waals surface area contributed by atoms with E-state index < -0.39 is 10.0 Å². The van der Waals surface area contributed by atoms with E-state index in [4.69, 9.17) is 0 Å². The van der Waals surface area contributed by atoms with Gasteiger partial charge >= 0.3 is 0 Å². The van der Waals surface area contributed by atoms with Gasteiger partial charge in [0.1, 0.15) is 0 Å². The van der Waals surface area contributed by atoms with Crippen LogP contribution in [0.3, 0.4) is 0 Å². The highest BCUT2D eigenvalue weighted by molar-refractivity contribution is 7.89. The van der Waals surface area contributed by atoms with Gasteiger partial charge in [-0.2, -0.15) is 0 Å². The lowest BCUT2D eigenvalue weighted by Crippen LogP contribution is -2.42. The van der Waals surface area contributed by atoms with Crippen molar-refractivity contribution >= 4 is 27.4 Å². The highest BCUT2D eigenvalue weighted by Crippen LogP contribution is 2.23. The van der Waals surface area contributed by atoms with Crippen molar-refractivity contribution in [1.29, 1.82) is 0 Å². The Morgan fingerprint density at radius 1 is 1.22 bits per heavy atom. The van der Waals surface area contributed by atoms with E-state index in [1.165, 1.54) is 11.2 Å². The first-order valence-electron chi connectivity index (χ1n) is 7.73. The van der Waals surface area contributed by atoms with Crippen molar-refractivity contribution in [3.05, 3.63) is 29.8 Å². The van der Waals surface area contributed by atoms with Crippen LogP contribution in [0.1, 0.15) is 37.0 Å². The number of hydrogen-bond acceptors (Lipinski definition) is 4. The number of nitrogens with zero attached hydrogens (tertiary/aromatic N) is 1. The molecule has 23 heavy (non-hydrogen) atoms. The molecule has 1 fully saturated rings. The van der Waals surface area contributed by atoms with E-state index in [1.807, 2.05) is 0 Å². The number of sulfonamides is 1. The van der Waals surface area contributed by atoms with E-state index in [0.717, 1.165) is 0 Å². The zero-order valence-corrected chi connectivity index (χ0v) is 14.2. The largest absolute Gasteiger partial charge is 0.325 e. The van der Waals surface area contributed by atoms with Gasteiger partial charge in [-0.1, -0.05) is 12.1 Å². The van der Waals surface area contributed by atoms with Crippen LogP contribution in [0.25, 0.3) is 0 Å². The molecule has 0 atom stereocenters. The highest BCUT2D eigenvalue weighted by atomic mass is 32.2. The van der Waals surface area contributed by atoms with E-state index in [9.17, 15) is 18.0 Å². The fourth-order valence-corrected chi connectivity index (χ4v) is 3.84. The minimum Gasteiger partial charge on any atom is -0.325 e. The van der Waals surface area contributed by atoms with Gasteiger partial charge < -0.3 is 5.32 Å². The molecule has 1 aromatic rings. The number of carbonyl (C=O) groups is 2. The van der Waals surface area contributed by atoms with E-state index in [1.54, 1.807) is 31.2 Å². The van der Waals surface area contributed by atoms with E-state index in [-0.39, 0.29) is 23.4 Å². The predicted octanol–water partition coefficient (Wildman–Crippen LogP) is 1.89. The first-order valence-corrected chi connectivity index (χ1v) is 9.34. The van der Waals surface area contributed by atoms with Gasteiger partial charge in [-0.25, -0.2) is 12.7 Å². The summed E-state index contributed by atoms with van der Waals surface area (Å²) in [6, 6.07) is 6.89. The molecule has 2 rings (SSSR count). The number of hydrogen-bond donors (Lipinski definition) is 1. The van der Waals surface area contributed by atoms with Crippen molar-refractivity contribution in [2.45, 2.75) is 26.7 Å². The number of nitrogens with one attached hydrogen (secondary N) is 1. The van der Waals surface area contributed by atoms with Crippen molar-refractivity contribution in [1.82, 2.24) is 4.31 Å². The van der Waals surface area contributed by atoms with Crippen LogP contribution in [0.2, 0.25) is 0 Å². The lowest BCUT2D eigenvalue weighted by molar-refractivity contribution is -0.120. The van der Waals surface area contributed by atoms with Gasteiger partial charge in [0.25, 0.3) is 0 Å². The topological polar surface area (TPSA) is 83.6 Å². The zero-order valence-electron chi connectivity index (χ0n) is 13.4. The molecule has 0 bridgehead atoms. The summed E-state index contributed by atoms with van der Waals surface area (Å²) in [6.07, 6.45) is 0.987. The van der Waals surface area contributed by atoms with Crippen molar-refractivity contribution in [3.8, 4) is 0 Å². The molecule has 0 aromatic heterocycles. The van der Waals surface area contributed by atoms with Crippen LogP contribution >= 0.6 is 0 Å². The van der Waals surface area contributed by atoms with Gasteiger partial charge in [-0.3, -0.25) is 9.59 Å². The summed E-state index contributed by atoms with van der Waals surface area (Å²) in [7, 11) is -3.19. The molecular weight excluding hydrogens is 316 g/mol. The second kappa shape index (κ2) is 7.23. The van der Waals surface area contributed by atoms with E-state index in [2.05, 4.69) is 5.32 Å².